The van der Waals surface area contributed by atoms with Gasteiger partial charge in [0.1, 0.15) is 12.9 Å². The molecule has 0 aromatic rings. The third-order valence-corrected chi connectivity index (χ3v) is 0.311. The van der Waals surface area contributed by atoms with Crippen LogP contribution in [-0.2, 0) is 31.5 Å². The van der Waals surface area contributed by atoms with Gasteiger partial charge in [-0.05, 0) is 0 Å². The molecule has 0 amide bonds. The molecule has 0 aromatic heterocycles. The maximum Gasteiger partial charge on any atom is 0.122 e. The monoisotopic (exact) mass is 152 g/mol. The van der Waals surface area contributed by atoms with Gasteiger partial charge < -0.3 is 9.99 Å². The molecule has 0 atom stereocenters. The predicted octanol–water partition coefficient (Wildman–Crippen LogP) is 0.0679. The Hall–Kier alpha value is 0.174. The minimum absolute atomic E-state index is 0. The van der Waals surface area contributed by atoms with Crippen LogP contribution in [0.3, 0.4) is 0 Å². The number of hydrogen-bond donors (Lipinski definition) is 1. The van der Waals surface area contributed by atoms with Crippen molar-refractivity contribution in [2.75, 3.05) is 13.2 Å². The van der Waals surface area contributed by atoms with Gasteiger partial charge in [0.25, 0.3) is 0 Å². The van der Waals surface area contributed by atoms with Crippen LogP contribution in [-0.4, -0.2) is 18.3 Å². The number of hydrogen-bond acceptors (Lipinski definition) is 3. The van der Waals surface area contributed by atoms with Crippen molar-refractivity contribution in [2.45, 2.75) is 0 Å². The van der Waals surface area contributed by atoms with E-state index in [4.69, 9.17) is 5.11 Å². The molecule has 0 aliphatic carbocycles. The molecule has 0 unspecified atom stereocenters. The van der Waals surface area contributed by atoms with Crippen molar-refractivity contribution in [1.29, 1.82) is 0 Å². The van der Waals surface area contributed by atoms with Crippen LogP contribution in [0.2, 0.25) is 0 Å². The molecule has 0 aliphatic heterocycles. The van der Waals surface area contributed by atoms with E-state index in [9.17, 15) is 0 Å². The molecular weight excluding hydrogens is 144 g/mol. The second-order valence-corrected chi connectivity index (χ2v) is 0.808. The van der Waals surface area contributed by atoms with E-state index < -0.39 is 0 Å². The second-order valence-electron chi connectivity index (χ2n) is 0.808. The summed E-state index contributed by atoms with van der Waals surface area (Å²) in [6.45, 7) is 3.36. The molecule has 46 valence electrons. The molecule has 0 saturated carbocycles. The minimum Gasteiger partial charge on any atom is -0.394 e. The summed E-state index contributed by atoms with van der Waals surface area (Å²) in [6.07, 6.45) is 1.15. The van der Waals surface area contributed by atoms with Crippen molar-refractivity contribution >= 4 is 0 Å². The van der Waals surface area contributed by atoms with Crippen LogP contribution in [0.4, 0.5) is 0 Å². The van der Waals surface area contributed by atoms with E-state index in [0.29, 0.717) is 0 Å². The zero-order chi connectivity index (χ0) is 5.54. The molecule has 0 rings (SSSR count). The Morgan fingerprint density at radius 2 is 2.25 bits per heavy atom. The smallest absolute Gasteiger partial charge is 0.122 e. The molecule has 3 nitrogen and oxygen atoms in total. The molecule has 0 heterocycles. The van der Waals surface area contributed by atoms with Crippen LogP contribution >= 0.6 is 0 Å². The van der Waals surface area contributed by atoms with Crippen LogP contribution in [0.1, 0.15) is 0 Å². The average Bonchev–Trinajstić information content (AvgIpc) is 1.69. The van der Waals surface area contributed by atoms with Crippen LogP contribution in [0, 0.1) is 0 Å². The molecule has 4 heteroatoms. The van der Waals surface area contributed by atoms with Gasteiger partial charge in [-0.3, -0.25) is 0 Å². The summed E-state index contributed by atoms with van der Waals surface area (Å²) in [5, 5.41) is 8.05. The first-order valence-corrected chi connectivity index (χ1v) is 1.92. The molecule has 0 aromatic carbocycles. The number of rotatable bonds is 4. The molecule has 0 saturated heterocycles. The Morgan fingerprint density at radius 3 is 2.62 bits per heavy atom. The topological polar surface area (TPSA) is 38.7 Å². The molecule has 0 spiro atoms. The van der Waals surface area contributed by atoms with Crippen molar-refractivity contribution in [2.24, 2.45) is 0 Å². The Kier molecular flexibility index (Phi) is 14.1. The summed E-state index contributed by atoms with van der Waals surface area (Å²) in [5.74, 6) is 0. The summed E-state index contributed by atoms with van der Waals surface area (Å²) in [6, 6.07) is 0. The van der Waals surface area contributed by atoms with Crippen molar-refractivity contribution in [3.8, 4) is 0 Å². The van der Waals surface area contributed by atoms with Crippen molar-refractivity contribution in [3.05, 3.63) is 12.8 Å². The fourth-order valence-electron chi connectivity index (χ4n) is 0.133. The van der Waals surface area contributed by atoms with E-state index in [1.165, 1.54) is 0 Å². The molecule has 0 aliphatic rings. The minimum atomic E-state index is -0.0339. The largest absolute Gasteiger partial charge is 0.394 e. The fraction of sp³-hybridized carbons (Fsp3) is 0.500. The third-order valence-electron chi connectivity index (χ3n) is 0.311. The van der Waals surface area contributed by atoms with Crippen LogP contribution < -0.4 is 0 Å². The van der Waals surface area contributed by atoms with Gasteiger partial charge in [-0.2, -0.15) is 4.89 Å². The van der Waals surface area contributed by atoms with Gasteiger partial charge in [-0.1, -0.05) is 6.58 Å². The SMILES string of the molecule is C=COOCCO.[Ti]. The molecule has 1 N–H and O–H groups in total. The van der Waals surface area contributed by atoms with Crippen molar-refractivity contribution in [3.63, 3.8) is 0 Å². The Bertz CT molecular complexity index is 48.5. The average molecular weight is 152 g/mol. The maximum absolute atomic E-state index is 8.05. The summed E-state index contributed by atoms with van der Waals surface area (Å²) in [7, 11) is 0. The second kappa shape index (κ2) is 10.2. The van der Waals surface area contributed by atoms with E-state index >= 15 is 0 Å². The van der Waals surface area contributed by atoms with Crippen molar-refractivity contribution < 1.29 is 36.6 Å². The van der Waals surface area contributed by atoms with E-state index in [0.717, 1.165) is 6.26 Å². The van der Waals surface area contributed by atoms with Gasteiger partial charge in [0, 0.05) is 21.7 Å². The van der Waals surface area contributed by atoms with Gasteiger partial charge in [0.2, 0.25) is 0 Å². The van der Waals surface area contributed by atoms with E-state index in [-0.39, 0.29) is 34.9 Å². The summed E-state index contributed by atoms with van der Waals surface area (Å²) in [4.78, 5) is 8.44. The quantitative estimate of drug-likeness (QED) is 0.203. The Morgan fingerprint density at radius 1 is 1.62 bits per heavy atom. The molecule has 8 heavy (non-hydrogen) atoms. The first kappa shape index (κ1) is 11.0. The van der Waals surface area contributed by atoms with Gasteiger partial charge in [-0.25, -0.2) is 0 Å². The van der Waals surface area contributed by atoms with Crippen LogP contribution in [0.5, 0.6) is 0 Å². The van der Waals surface area contributed by atoms with Gasteiger partial charge in [0.15, 0.2) is 0 Å². The van der Waals surface area contributed by atoms with Gasteiger partial charge in [-0.15, -0.1) is 0 Å². The van der Waals surface area contributed by atoms with E-state index in [1.807, 2.05) is 0 Å². The zero-order valence-electron chi connectivity index (χ0n) is 4.46. The number of aliphatic hydroxyl groups excluding tert-OH is 1. The first-order chi connectivity index (χ1) is 3.41. The van der Waals surface area contributed by atoms with E-state index in [1.54, 1.807) is 0 Å². The third kappa shape index (κ3) is 9.49. The van der Waals surface area contributed by atoms with Crippen LogP contribution in [0.25, 0.3) is 0 Å². The van der Waals surface area contributed by atoms with Crippen LogP contribution in [0.15, 0.2) is 12.8 Å². The summed E-state index contributed by atoms with van der Waals surface area (Å²) in [5.41, 5.74) is 0. The standard InChI is InChI=1S/C4H8O3.Ti/c1-2-6-7-4-3-5;/h2,5H,1,3-4H2;. The molecular formula is C4H8O3Ti. The zero-order valence-corrected chi connectivity index (χ0v) is 6.02. The molecule has 0 bridgehead atoms. The maximum atomic E-state index is 8.05. The Labute approximate surface area is 63.1 Å². The first-order valence-electron chi connectivity index (χ1n) is 1.92. The molecule has 0 fully saturated rings. The van der Waals surface area contributed by atoms with Crippen molar-refractivity contribution in [1.82, 2.24) is 0 Å². The molecule has 0 radical (unpaired) electrons. The summed E-state index contributed by atoms with van der Waals surface area (Å²) >= 11 is 0. The normalized spacial score (nSPS) is 7.12. The van der Waals surface area contributed by atoms with Gasteiger partial charge >= 0.3 is 0 Å². The predicted molar refractivity (Wildman–Crippen MR) is 24.3 cm³/mol. The van der Waals surface area contributed by atoms with Gasteiger partial charge in [0.05, 0.1) is 6.61 Å². The fourth-order valence-corrected chi connectivity index (χ4v) is 0.133. The Balaban J connectivity index is 0. The van der Waals surface area contributed by atoms with E-state index in [2.05, 4.69) is 16.4 Å². The summed E-state index contributed by atoms with van der Waals surface area (Å²) < 4.78 is 0. The number of aliphatic hydroxyl groups is 1.